The summed E-state index contributed by atoms with van der Waals surface area (Å²) in [6, 6.07) is 3.91. The standard InChI is InChI=1S/C16H22FN3O2.2ClH/c17-15-6-5-13(20(21)22)11-14(15)16(12-3-1-2-4-12)19-9-7-18-8-10-19;;/h5-6,11-12,16,18H,1-4,7-10H2;2*1H/t16-;;/m1../s1. The lowest BCUT2D eigenvalue weighted by Crippen LogP contribution is -2.46. The first-order valence-electron chi connectivity index (χ1n) is 8.05. The number of nitro benzene ring substituents is 1. The average molecular weight is 380 g/mol. The van der Waals surface area contributed by atoms with Crippen molar-refractivity contribution in [3.05, 3.63) is 39.7 Å². The zero-order valence-corrected chi connectivity index (χ0v) is 15.1. The topological polar surface area (TPSA) is 58.4 Å². The van der Waals surface area contributed by atoms with Gasteiger partial charge in [-0.1, -0.05) is 12.8 Å². The summed E-state index contributed by atoms with van der Waals surface area (Å²) < 4.78 is 14.4. The molecule has 1 heterocycles. The molecule has 8 heteroatoms. The maximum Gasteiger partial charge on any atom is 0.269 e. The first-order chi connectivity index (χ1) is 10.7. The molecule has 0 aromatic heterocycles. The molecule has 0 spiro atoms. The number of halogens is 3. The van der Waals surface area contributed by atoms with Crippen LogP contribution in [0.15, 0.2) is 18.2 Å². The fraction of sp³-hybridized carbons (Fsp3) is 0.625. The summed E-state index contributed by atoms with van der Waals surface area (Å²) in [6.07, 6.45) is 4.50. The summed E-state index contributed by atoms with van der Waals surface area (Å²) >= 11 is 0. The van der Waals surface area contributed by atoms with E-state index < -0.39 is 4.92 Å². The van der Waals surface area contributed by atoms with Gasteiger partial charge in [0.15, 0.2) is 0 Å². The minimum atomic E-state index is -0.438. The first-order valence-corrected chi connectivity index (χ1v) is 8.05. The highest BCUT2D eigenvalue weighted by molar-refractivity contribution is 5.85. The summed E-state index contributed by atoms with van der Waals surface area (Å²) in [5.41, 5.74) is 0.484. The molecule has 0 radical (unpaired) electrons. The number of nitrogens with one attached hydrogen (secondary N) is 1. The summed E-state index contributed by atoms with van der Waals surface area (Å²) in [6.45, 7) is 3.51. The van der Waals surface area contributed by atoms with Crippen LogP contribution in [0.2, 0.25) is 0 Å². The number of rotatable bonds is 4. The highest BCUT2D eigenvalue weighted by Gasteiger charge is 2.34. The summed E-state index contributed by atoms with van der Waals surface area (Å²) in [4.78, 5) is 12.9. The molecular weight excluding hydrogens is 356 g/mol. The summed E-state index contributed by atoms with van der Waals surface area (Å²) in [5.74, 6) is 0.0793. The molecule has 2 fully saturated rings. The molecule has 0 bridgehead atoms. The Morgan fingerprint density at radius 2 is 1.83 bits per heavy atom. The SMILES string of the molecule is Cl.Cl.O=[N+]([O-])c1ccc(F)c([C@@H](C2CCCC2)N2CCNCC2)c1. The molecule has 0 unspecified atom stereocenters. The molecule has 1 saturated carbocycles. The van der Waals surface area contributed by atoms with Crippen LogP contribution >= 0.6 is 24.8 Å². The Hall–Kier alpha value is -0.950. The van der Waals surface area contributed by atoms with Crippen LogP contribution in [0.3, 0.4) is 0 Å². The second-order valence-electron chi connectivity index (χ2n) is 6.24. The number of hydrogen-bond donors (Lipinski definition) is 1. The largest absolute Gasteiger partial charge is 0.314 e. The van der Waals surface area contributed by atoms with Crippen LogP contribution in [0.4, 0.5) is 10.1 Å². The molecule has 5 nitrogen and oxygen atoms in total. The van der Waals surface area contributed by atoms with Crippen LogP contribution in [0.25, 0.3) is 0 Å². The van der Waals surface area contributed by atoms with Gasteiger partial charge in [0.05, 0.1) is 4.92 Å². The molecule has 1 saturated heterocycles. The number of nitrogens with zero attached hydrogens (tertiary/aromatic N) is 2. The van der Waals surface area contributed by atoms with Gasteiger partial charge in [0, 0.05) is 49.9 Å². The maximum atomic E-state index is 14.4. The van der Waals surface area contributed by atoms with Gasteiger partial charge in [-0.15, -0.1) is 24.8 Å². The van der Waals surface area contributed by atoms with Gasteiger partial charge in [0.2, 0.25) is 0 Å². The van der Waals surface area contributed by atoms with E-state index in [4.69, 9.17) is 0 Å². The Kier molecular flexibility index (Phi) is 8.36. The third-order valence-corrected chi connectivity index (χ3v) is 4.90. The van der Waals surface area contributed by atoms with Crippen molar-refractivity contribution in [3.63, 3.8) is 0 Å². The normalized spacial score (nSPS) is 20.0. The number of piperazine rings is 1. The molecule has 1 N–H and O–H groups in total. The van der Waals surface area contributed by atoms with E-state index >= 15 is 0 Å². The average Bonchev–Trinajstić information content (AvgIpc) is 3.04. The lowest BCUT2D eigenvalue weighted by molar-refractivity contribution is -0.385. The number of hydrogen-bond acceptors (Lipinski definition) is 4. The van der Waals surface area contributed by atoms with E-state index in [1.54, 1.807) is 0 Å². The van der Waals surface area contributed by atoms with E-state index in [0.29, 0.717) is 11.5 Å². The Balaban J connectivity index is 0.00000144. The van der Waals surface area contributed by atoms with Crippen molar-refractivity contribution < 1.29 is 9.31 Å². The molecule has 1 aromatic carbocycles. The summed E-state index contributed by atoms with van der Waals surface area (Å²) in [7, 11) is 0. The maximum absolute atomic E-state index is 14.4. The first kappa shape index (κ1) is 21.1. The molecule has 136 valence electrons. The second kappa shape index (κ2) is 9.51. The fourth-order valence-corrected chi connectivity index (χ4v) is 3.85. The van der Waals surface area contributed by atoms with Gasteiger partial charge in [-0.3, -0.25) is 15.0 Å². The van der Waals surface area contributed by atoms with Crippen LogP contribution in [0.1, 0.15) is 37.3 Å². The van der Waals surface area contributed by atoms with Gasteiger partial charge in [-0.05, 0) is 24.8 Å². The van der Waals surface area contributed by atoms with E-state index in [2.05, 4.69) is 10.2 Å². The van der Waals surface area contributed by atoms with Crippen molar-refractivity contribution in [1.29, 1.82) is 0 Å². The third-order valence-electron chi connectivity index (χ3n) is 4.90. The van der Waals surface area contributed by atoms with Crippen LogP contribution in [0, 0.1) is 21.8 Å². The minimum Gasteiger partial charge on any atom is -0.314 e. The number of non-ortho nitro benzene ring substituents is 1. The molecule has 1 atom stereocenters. The Labute approximate surface area is 154 Å². The Bertz CT molecular complexity index is 550. The van der Waals surface area contributed by atoms with Crippen molar-refractivity contribution >= 4 is 30.5 Å². The predicted molar refractivity (Wildman–Crippen MR) is 96.7 cm³/mol. The molecule has 2 aliphatic rings. The molecule has 1 aromatic rings. The lowest BCUT2D eigenvalue weighted by atomic mass is 9.89. The number of nitro groups is 1. The predicted octanol–water partition coefficient (Wildman–Crippen LogP) is 3.71. The quantitative estimate of drug-likeness (QED) is 0.639. The van der Waals surface area contributed by atoms with E-state index in [0.717, 1.165) is 39.0 Å². The molecule has 0 amide bonds. The Morgan fingerprint density at radius 3 is 2.42 bits per heavy atom. The molecule has 24 heavy (non-hydrogen) atoms. The van der Waals surface area contributed by atoms with Crippen LogP contribution in [-0.4, -0.2) is 36.0 Å². The van der Waals surface area contributed by atoms with E-state index in [1.165, 1.54) is 31.0 Å². The lowest BCUT2D eigenvalue weighted by Gasteiger charge is -2.38. The van der Waals surface area contributed by atoms with Gasteiger partial charge in [-0.2, -0.15) is 0 Å². The molecule has 1 aliphatic heterocycles. The van der Waals surface area contributed by atoms with Crippen molar-refractivity contribution in [3.8, 4) is 0 Å². The summed E-state index contributed by atoms with van der Waals surface area (Å²) in [5, 5.41) is 14.4. The van der Waals surface area contributed by atoms with Crippen molar-refractivity contribution in [2.45, 2.75) is 31.7 Å². The zero-order valence-electron chi connectivity index (χ0n) is 13.4. The second-order valence-corrected chi connectivity index (χ2v) is 6.24. The van der Waals surface area contributed by atoms with Gasteiger partial charge >= 0.3 is 0 Å². The van der Waals surface area contributed by atoms with Gasteiger partial charge in [0.1, 0.15) is 5.82 Å². The van der Waals surface area contributed by atoms with Crippen LogP contribution in [-0.2, 0) is 0 Å². The number of benzene rings is 1. The Morgan fingerprint density at radius 1 is 1.21 bits per heavy atom. The molecule has 1 aliphatic carbocycles. The van der Waals surface area contributed by atoms with Crippen LogP contribution < -0.4 is 5.32 Å². The van der Waals surface area contributed by atoms with Crippen molar-refractivity contribution in [2.75, 3.05) is 26.2 Å². The van der Waals surface area contributed by atoms with E-state index in [-0.39, 0.29) is 42.4 Å². The van der Waals surface area contributed by atoms with Gasteiger partial charge in [0.25, 0.3) is 5.69 Å². The van der Waals surface area contributed by atoms with E-state index in [1.807, 2.05) is 0 Å². The van der Waals surface area contributed by atoms with Crippen molar-refractivity contribution in [1.82, 2.24) is 10.2 Å². The van der Waals surface area contributed by atoms with Gasteiger partial charge in [-0.25, -0.2) is 4.39 Å². The molecule has 3 rings (SSSR count). The van der Waals surface area contributed by atoms with E-state index in [9.17, 15) is 14.5 Å². The van der Waals surface area contributed by atoms with Crippen molar-refractivity contribution in [2.24, 2.45) is 5.92 Å². The molecular formula is C16H24Cl2FN3O2. The highest BCUT2D eigenvalue weighted by atomic mass is 35.5. The van der Waals surface area contributed by atoms with Gasteiger partial charge < -0.3 is 5.32 Å². The smallest absolute Gasteiger partial charge is 0.269 e. The highest BCUT2D eigenvalue weighted by Crippen LogP contribution is 2.41. The third kappa shape index (κ3) is 4.57. The monoisotopic (exact) mass is 379 g/mol. The fourth-order valence-electron chi connectivity index (χ4n) is 3.85. The zero-order chi connectivity index (χ0) is 15.5. The van der Waals surface area contributed by atoms with Crippen LogP contribution in [0.5, 0.6) is 0 Å². The minimum absolute atomic E-state index is 0.